The predicted octanol–water partition coefficient (Wildman–Crippen LogP) is 4.52. The molecule has 0 radical (unpaired) electrons. The molecule has 1 saturated heterocycles. The van der Waals surface area contributed by atoms with Gasteiger partial charge >= 0.3 is 5.97 Å². The minimum atomic E-state index is -1.30. The molecule has 3 heterocycles. The second-order valence-electron chi connectivity index (χ2n) is 12.4. The molecule has 0 amide bonds. The number of esters is 1. The van der Waals surface area contributed by atoms with Crippen molar-refractivity contribution in [3.8, 4) is 0 Å². The van der Waals surface area contributed by atoms with Crippen LogP contribution in [-0.4, -0.2) is 51.5 Å². The molecule has 3 fully saturated rings. The monoisotopic (exact) mass is 525 g/mol. The predicted molar refractivity (Wildman–Crippen MR) is 136 cm³/mol. The van der Waals surface area contributed by atoms with E-state index in [0.29, 0.717) is 35.8 Å². The molecule has 2 N–H and O–H groups in total. The van der Waals surface area contributed by atoms with Crippen molar-refractivity contribution in [2.45, 2.75) is 88.3 Å². The minimum absolute atomic E-state index is 0.0277. The normalized spacial score (nSPS) is 43.9. The van der Waals surface area contributed by atoms with Crippen molar-refractivity contribution in [1.29, 1.82) is 0 Å². The first-order valence-electron chi connectivity index (χ1n) is 13.2. The van der Waals surface area contributed by atoms with E-state index in [0.717, 1.165) is 18.4 Å². The van der Waals surface area contributed by atoms with E-state index in [9.17, 15) is 14.7 Å². The number of ketones is 1. The number of carbonyl (C=O) groups excluding carboxylic acids is 2. The molecule has 1 aromatic carbocycles. The number of ether oxygens (including phenoxy) is 3. The topological polar surface area (TPSA) is 97.9 Å². The minimum Gasteiger partial charge on any atom is -0.454 e. The van der Waals surface area contributed by atoms with Gasteiger partial charge in [0, 0.05) is 51.4 Å². The summed E-state index contributed by atoms with van der Waals surface area (Å²) in [5, 5.41) is 14.6. The van der Waals surface area contributed by atoms with E-state index in [1.54, 1.807) is 6.92 Å². The summed E-state index contributed by atoms with van der Waals surface area (Å²) < 4.78 is 18.2. The Hall–Kier alpha value is -2.19. The Bertz CT molecular complexity index is 1430. The zero-order valence-corrected chi connectivity index (χ0v) is 22.3. The fourth-order valence-corrected chi connectivity index (χ4v) is 8.85. The quantitative estimate of drug-likeness (QED) is 0.531. The molecule has 37 heavy (non-hydrogen) atoms. The highest BCUT2D eigenvalue weighted by Crippen LogP contribution is 2.71. The molecule has 2 aromatic rings. The molecule has 0 unspecified atom stereocenters. The lowest BCUT2D eigenvalue weighted by Crippen LogP contribution is -2.74. The maximum absolute atomic E-state index is 13.5. The first-order valence-corrected chi connectivity index (χ1v) is 13.6. The van der Waals surface area contributed by atoms with Crippen molar-refractivity contribution < 1.29 is 28.9 Å². The lowest BCUT2D eigenvalue weighted by molar-refractivity contribution is -0.350. The average molecular weight is 526 g/mol. The number of aromatic amines is 1. The van der Waals surface area contributed by atoms with Gasteiger partial charge in [0.05, 0.1) is 12.2 Å². The number of fused-ring (bicyclic) bond motifs is 9. The maximum atomic E-state index is 13.5. The van der Waals surface area contributed by atoms with Crippen LogP contribution in [0.1, 0.15) is 64.6 Å². The Morgan fingerprint density at radius 2 is 2.00 bits per heavy atom. The summed E-state index contributed by atoms with van der Waals surface area (Å²) in [6, 6.07) is 5.98. The Labute approximate surface area is 220 Å². The number of benzene rings is 1. The lowest BCUT2D eigenvalue weighted by Gasteiger charge is -2.67. The molecular formula is C29H32ClNO6. The summed E-state index contributed by atoms with van der Waals surface area (Å²) in [5.41, 5.74) is 0.558. The smallest absolute Gasteiger partial charge is 0.303 e. The van der Waals surface area contributed by atoms with Gasteiger partial charge in [-0.15, -0.1) is 0 Å². The highest BCUT2D eigenvalue weighted by Gasteiger charge is 2.74. The van der Waals surface area contributed by atoms with Gasteiger partial charge in [-0.2, -0.15) is 0 Å². The molecular weight excluding hydrogens is 494 g/mol. The summed E-state index contributed by atoms with van der Waals surface area (Å²) in [6.07, 6.45) is 4.00. The van der Waals surface area contributed by atoms with E-state index in [1.165, 1.54) is 29.6 Å². The molecule has 7 rings (SSSR count). The molecule has 1 spiro atoms. The molecule has 2 bridgehead atoms. The van der Waals surface area contributed by atoms with Crippen LogP contribution >= 0.6 is 11.6 Å². The number of H-pyrrole nitrogens is 1. The molecule has 196 valence electrons. The van der Waals surface area contributed by atoms with Crippen LogP contribution in [0.25, 0.3) is 10.9 Å². The largest absolute Gasteiger partial charge is 0.454 e. The summed E-state index contributed by atoms with van der Waals surface area (Å²) in [5.74, 6) is -1.63. The zero-order chi connectivity index (χ0) is 26.2. The van der Waals surface area contributed by atoms with Crippen LogP contribution < -0.4 is 0 Å². The SMILES string of the molecule is CC(=O)O[C@@]1(C)CO[C@@]23CC[C@@]4(C)[C@@](O)(CC[C@H]5Cc6c([nH]c7cc(Cl)ccc67)[C@@]54C)C2=CC(=O)[C@@H]1O3. The van der Waals surface area contributed by atoms with Crippen molar-refractivity contribution >= 4 is 34.3 Å². The number of nitrogens with one attached hydrogen (secondary N) is 1. The van der Waals surface area contributed by atoms with Crippen molar-refractivity contribution in [2.75, 3.05) is 6.61 Å². The van der Waals surface area contributed by atoms with Crippen LogP contribution in [0.4, 0.5) is 0 Å². The second kappa shape index (κ2) is 7.06. The maximum Gasteiger partial charge on any atom is 0.303 e. The van der Waals surface area contributed by atoms with Crippen molar-refractivity contribution in [3.05, 3.63) is 46.1 Å². The lowest BCUT2D eigenvalue weighted by atomic mass is 9.42. The average Bonchev–Trinajstić information content (AvgIpc) is 3.33. The number of hydrogen-bond donors (Lipinski definition) is 2. The number of rotatable bonds is 1. The van der Waals surface area contributed by atoms with E-state index in [1.807, 2.05) is 12.1 Å². The van der Waals surface area contributed by atoms with Crippen LogP contribution in [0.15, 0.2) is 29.8 Å². The molecule has 2 saturated carbocycles. The van der Waals surface area contributed by atoms with Gasteiger partial charge in [0.1, 0.15) is 0 Å². The van der Waals surface area contributed by atoms with Crippen LogP contribution in [0.5, 0.6) is 0 Å². The summed E-state index contributed by atoms with van der Waals surface area (Å²) >= 11 is 6.31. The van der Waals surface area contributed by atoms with Gasteiger partial charge in [-0.05, 0) is 62.3 Å². The summed E-state index contributed by atoms with van der Waals surface area (Å²) in [4.78, 5) is 28.9. The highest BCUT2D eigenvalue weighted by atomic mass is 35.5. The van der Waals surface area contributed by atoms with E-state index in [4.69, 9.17) is 25.8 Å². The number of halogens is 1. The standard InChI is InChI=1S/C29H32ClNO6/c1-15(32)36-25(2)14-35-29-10-9-26(3)27(4)16(7-8-28(26,34)22(29)13-21(33)24(25)37-29)11-19-18-6-5-17(30)12-20(18)31-23(19)27/h5-6,12-13,16,24,31,34H,7-11,14H2,1-4H3/t16-,24-,25-,26+,27+,28+,29+/m0/s1. The molecule has 7 atom stereocenters. The molecule has 8 heteroatoms. The molecule has 5 aliphatic rings. The number of hydrogen-bond acceptors (Lipinski definition) is 6. The third-order valence-corrected chi connectivity index (χ3v) is 11.0. The fraction of sp³-hybridized carbons (Fsp3) is 0.586. The van der Waals surface area contributed by atoms with Crippen molar-refractivity contribution in [3.63, 3.8) is 0 Å². The van der Waals surface area contributed by atoms with Gasteiger partial charge < -0.3 is 24.3 Å². The molecule has 7 nitrogen and oxygen atoms in total. The fourth-order valence-electron chi connectivity index (χ4n) is 8.68. The van der Waals surface area contributed by atoms with Gasteiger partial charge in [-0.1, -0.05) is 31.5 Å². The second-order valence-corrected chi connectivity index (χ2v) is 12.8. The Kier molecular flexibility index (Phi) is 4.56. The number of carbonyl (C=O) groups is 2. The van der Waals surface area contributed by atoms with Crippen molar-refractivity contribution in [1.82, 2.24) is 4.98 Å². The van der Waals surface area contributed by atoms with Gasteiger partial charge in [0.15, 0.2) is 23.3 Å². The van der Waals surface area contributed by atoms with Crippen LogP contribution in [0, 0.1) is 11.3 Å². The third kappa shape index (κ3) is 2.69. The van der Waals surface area contributed by atoms with E-state index < -0.39 is 34.5 Å². The Morgan fingerprint density at radius 3 is 2.76 bits per heavy atom. The van der Waals surface area contributed by atoms with Gasteiger partial charge in [0.2, 0.25) is 0 Å². The highest BCUT2D eigenvalue weighted by molar-refractivity contribution is 6.31. The summed E-state index contributed by atoms with van der Waals surface area (Å²) in [6.45, 7) is 7.45. The molecule has 2 aliphatic heterocycles. The first kappa shape index (κ1) is 23.9. The number of aliphatic hydroxyl groups is 1. The van der Waals surface area contributed by atoms with E-state index in [-0.39, 0.29) is 17.8 Å². The van der Waals surface area contributed by atoms with Crippen LogP contribution in [0.2, 0.25) is 5.02 Å². The Morgan fingerprint density at radius 1 is 1.22 bits per heavy atom. The van der Waals surface area contributed by atoms with Crippen LogP contribution in [0.3, 0.4) is 0 Å². The van der Waals surface area contributed by atoms with Crippen molar-refractivity contribution in [2.24, 2.45) is 11.3 Å². The molecule has 3 aliphatic carbocycles. The molecule has 1 aromatic heterocycles. The number of aromatic nitrogens is 1. The first-order chi connectivity index (χ1) is 17.4. The van der Waals surface area contributed by atoms with E-state index >= 15 is 0 Å². The zero-order valence-electron chi connectivity index (χ0n) is 21.6. The van der Waals surface area contributed by atoms with Gasteiger partial charge in [-0.25, -0.2) is 0 Å². The summed E-state index contributed by atoms with van der Waals surface area (Å²) in [7, 11) is 0. The Balaban J connectivity index is 1.36. The van der Waals surface area contributed by atoms with Crippen LogP contribution in [-0.2, 0) is 35.6 Å². The van der Waals surface area contributed by atoms with Gasteiger partial charge in [0.25, 0.3) is 0 Å². The van der Waals surface area contributed by atoms with Gasteiger partial charge in [-0.3, -0.25) is 9.59 Å². The third-order valence-electron chi connectivity index (χ3n) is 10.8. The van der Waals surface area contributed by atoms with E-state index in [2.05, 4.69) is 24.9 Å².